The lowest BCUT2D eigenvalue weighted by Crippen LogP contribution is -2.15. The topological polar surface area (TPSA) is 65.0 Å². The Morgan fingerprint density at radius 3 is 2.32 bits per heavy atom. The lowest BCUT2D eigenvalue weighted by Gasteiger charge is -2.20. The Balaban J connectivity index is 2.23. The van der Waals surface area contributed by atoms with Crippen LogP contribution in [0.2, 0.25) is 0 Å². The Kier molecular flexibility index (Phi) is 6.01. The van der Waals surface area contributed by atoms with Gasteiger partial charge in [-0.25, -0.2) is 4.57 Å². The maximum Gasteiger partial charge on any atom is 0.472 e. The van der Waals surface area contributed by atoms with E-state index in [1.807, 2.05) is 39.0 Å². The number of ether oxygens (including phenoxy) is 1. The summed E-state index contributed by atoms with van der Waals surface area (Å²) in [4.78, 5) is 9.43. The van der Waals surface area contributed by atoms with Crippen molar-refractivity contribution in [2.24, 2.45) is 5.41 Å². The number of benzene rings is 1. The van der Waals surface area contributed by atoms with E-state index in [-0.39, 0.29) is 25.2 Å². The van der Waals surface area contributed by atoms with Crippen molar-refractivity contribution in [2.75, 3.05) is 19.8 Å². The largest absolute Gasteiger partial charge is 0.491 e. The molecule has 0 aliphatic heterocycles. The van der Waals surface area contributed by atoms with Gasteiger partial charge in [0.1, 0.15) is 12.4 Å². The SMILES string of the molecule is CC(C)(C)COP(=O)(O)OCCOc1ccccc1. The molecule has 1 rings (SSSR count). The summed E-state index contributed by atoms with van der Waals surface area (Å²) >= 11 is 0. The molecule has 0 spiro atoms. The lowest BCUT2D eigenvalue weighted by molar-refractivity contribution is 0.100. The highest BCUT2D eigenvalue weighted by atomic mass is 31.2. The Hall–Kier alpha value is -0.870. The summed E-state index contributed by atoms with van der Waals surface area (Å²) in [6.45, 7) is 6.06. The van der Waals surface area contributed by atoms with Gasteiger partial charge in [-0.05, 0) is 17.5 Å². The van der Waals surface area contributed by atoms with Crippen molar-refractivity contribution in [3.8, 4) is 5.75 Å². The van der Waals surface area contributed by atoms with Crippen LogP contribution in [0, 0.1) is 5.41 Å². The van der Waals surface area contributed by atoms with Crippen molar-refractivity contribution in [2.45, 2.75) is 20.8 Å². The number of phosphoric ester groups is 1. The molecule has 0 aliphatic carbocycles. The molecule has 0 heterocycles. The van der Waals surface area contributed by atoms with Gasteiger partial charge in [0.25, 0.3) is 0 Å². The molecule has 0 saturated carbocycles. The number of phosphoric acid groups is 1. The Morgan fingerprint density at radius 2 is 1.74 bits per heavy atom. The number of rotatable bonds is 7. The van der Waals surface area contributed by atoms with Crippen molar-refractivity contribution in [1.29, 1.82) is 0 Å². The van der Waals surface area contributed by atoms with E-state index in [9.17, 15) is 9.46 Å². The molecule has 0 fully saturated rings. The van der Waals surface area contributed by atoms with E-state index in [1.165, 1.54) is 0 Å². The lowest BCUT2D eigenvalue weighted by atomic mass is 9.99. The first-order valence-electron chi connectivity index (χ1n) is 6.08. The standard InChI is InChI=1S/C13H21O5P/c1-13(2,3)11-18-19(14,15)17-10-9-16-12-7-5-4-6-8-12/h4-8H,9-11H2,1-3H3,(H,14,15). The second kappa shape index (κ2) is 7.06. The highest BCUT2D eigenvalue weighted by Crippen LogP contribution is 2.44. The number of hydrogen-bond donors (Lipinski definition) is 1. The maximum atomic E-state index is 11.5. The predicted molar refractivity (Wildman–Crippen MR) is 73.1 cm³/mol. The second-order valence-electron chi connectivity index (χ2n) is 5.30. The summed E-state index contributed by atoms with van der Waals surface area (Å²) in [6, 6.07) is 9.17. The van der Waals surface area contributed by atoms with Crippen LogP contribution in [0.1, 0.15) is 20.8 Å². The fourth-order valence-corrected chi connectivity index (χ4v) is 2.07. The van der Waals surface area contributed by atoms with Gasteiger partial charge >= 0.3 is 7.82 Å². The fourth-order valence-electron chi connectivity index (χ4n) is 1.14. The Bertz CT molecular complexity index is 413. The highest BCUT2D eigenvalue weighted by molar-refractivity contribution is 7.47. The molecule has 0 amide bonds. The molecule has 5 nitrogen and oxygen atoms in total. The minimum atomic E-state index is -3.99. The predicted octanol–water partition coefficient (Wildman–Crippen LogP) is 3.25. The van der Waals surface area contributed by atoms with E-state index in [1.54, 1.807) is 12.1 Å². The molecule has 1 atom stereocenters. The summed E-state index contributed by atoms with van der Waals surface area (Å²) in [7, 11) is -3.99. The summed E-state index contributed by atoms with van der Waals surface area (Å²) in [5.74, 6) is 0.689. The van der Waals surface area contributed by atoms with Gasteiger partial charge in [-0.2, -0.15) is 0 Å². The van der Waals surface area contributed by atoms with Crippen LogP contribution >= 0.6 is 7.82 Å². The number of para-hydroxylation sites is 1. The van der Waals surface area contributed by atoms with Gasteiger partial charge in [0.2, 0.25) is 0 Å². The van der Waals surface area contributed by atoms with E-state index in [4.69, 9.17) is 13.8 Å². The Labute approximate surface area is 114 Å². The molecule has 6 heteroatoms. The quantitative estimate of drug-likeness (QED) is 0.616. The van der Waals surface area contributed by atoms with Crippen LogP contribution in [0.4, 0.5) is 0 Å². The summed E-state index contributed by atoms with van der Waals surface area (Å²) < 4.78 is 26.6. The molecule has 0 radical (unpaired) electrons. The molecule has 0 saturated heterocycles. The Morgan fingerprint density at radius 1 is 1.11 bits per heavy atom. The summed E-state index contributed by atoms with van der Waals surface area (Å²) in [5.41, 5.74) is -0.192. The van der Waals surface area contributed by atoms with Crippen LogP contribution in [0.3, 0.4) is 0 Å². The van der Waals surface area contributed by atoms with Gasteiger partial charge < -0.3 is 9.63 Å². The summed E-state index contributed by atoms with van der Waals surface area (Å²) in [5, 5.41) is 0. The fraction of sp³-hybridized carbons (Fsp3) is 0.538. The maximum absolute atomic E-state index is 11.5. The first-order chi connectivity index (χ1) is 8.79. The zero-order valence-corrected chi connectivity index (χ0v) is 12.4. The van der Waals surface area contributed by atoms with Crippen molar-refractivity contribution in [3.63, 3.8) is 0 Å². The molecule has 1 aromatic rings. The average Bonchev–Trinajstić information content (AvgIpc) is 2.33. The molecular formula is C13H21O5P. The number of hydrogen-bond acceptors (Lipinski definition) is 4. The van der Waals surface area contributed by atoms with E-state index in [2.05, 4.69) is 0 Å². The minimum absolute atomic E-state index is 0.00713. The van der Waals surface area contributed by atoms with E-state index >= 15 is 0 Å². The first-order valence-corrected chi connectivity index (χ1v) is 7.58. The van der Waals surface area contributed by atoms with Gasteiger partial charge in [0.05, 0.1) is 13.2 Å². The molecule has 19 heavy (non-hydrogen) atoms. The van der Waals surface area contributed by atoms with Crippen molar-refractivity contribution in [1.82, 2.24) is 0 Å². The van der Waals surface area contributed by atoms with Gasteiger partial charge in [-0.1, -0.05) is 39.0 Å². The molecule has 108 valence electrons. The van der Waals surface area contributed by atoms with E-state index < -0.39 is 7.82 Å². The molecule has 0 aromatic heterocycles. The third kappa shape index (κ3) is 8.01. The zero-order chi connectivity index (χ0) is 14.4. The van der Waals surface area contributed by atoms with E-state index in [0.717, 1.165) is 0 Å². The van der Waals surface area contributed by atoms with Gasteiger partial charge in [0.15, 0.2) is 0 Å². The smallest absolute Gasteiger partial charge is 0.472 e. The molecule has 0 bridgehead atoms. The molecule has 0 aliphatic rings. The summed E-state index contributed by atoms with van der Waals surface area (Å²) in [6.07, 6.45) is 0. The van der Waals surface area contributed by atoms with Crippen LogP contribution in [0.25, 0.3) is 0 Å². The molecule has 1 aromatic carbocycles. The third-order valence-electron chi connectivity index (χ3n) is 2.01. The monoisotopic (exact) mass is 288 g/mol. The molecular weight excluding hydrogens is 267 g/mol. The highest BCUT2D eigenvalue weighted by Gasteiger charge is 2.24. The molecule has 1 unspecified atom stereocenters. The normalized spacial score (nSPS) is 14.9. The van der Waals surface area contributed by atoms with Gasteiger partial charge in [-0.3, -0.25) is 9.05 Å². The molecule has 1 N–H and O–H groups in total. The van der Waals surface area contributed by atoms with Crippen molar-refractivity contribution < 1.29 is 23.2 Å². The van der Waals surface area contributed by atoms with Crippen LogP contribution in [0.15, 0.2) is 30.3 Å². The van der Waals surface area contributed by atoms with Crippen LogP contribution in [-0.4, -0.2) is 24.7 Å². The van der Waals surface area contributed by atoms with Gasteiger partial charge in [0, 0.05) is 0 Å². The second-order valence-corrected chi connectivity index (χ2v) is 6.75. The van der Waals surface area contributed by atoms with Crippen LogP contribution < -0.4 is 4.74 Å². The zero-order valence-electron chi connectivity index (χ0n) is 11.5. The first kappa shape index (κ1) is 16.2. The van der Waals surface area contributed by atoms with E-state index in [0.29, 0.717) is 5.75 Å². The van der Waals surface area contributed by atoms with Gasteiger partial charge in [-0.15, -0.1) is 0 Å². The average molecular weight is 288 g/mol. The van der Waals surface area contributed by atoms with Crippen molar-refractivity contribution >= 4 is 7.82 Å². The van der Waals surface area contributed by atoms with Crippen molar-refractivity contribution in [3.05, 3.63) is 30.3 Å². The van der Waals surface area contributed by atoms with Crippen LogP contribution in [-0.2, 0) is 13.6 Å². The van der Waals surface area contributed by atoms with Crippen LogP contribution in [0.5, 0.6) is 5.75 Å². The third-order valence-corrected chi connectivity index (χ3v) is 2.97. The minimum Gasteiger partial charge on any atom is -0.491 e.